The first-order chi connectivity index (χ1) is 11.2. The Labute approximate surface area is 154 Å². The van der Waals surface area contributed by atoms with Crippen molar-refractivity contribution in [3.8, 4) is 0 Å². The number of nitrogens with one attached hydrogen (secondary N) is 3. The van der Waals surface area contributed by atoms with E-state index in [0.717, 1.165) is 31.7 Å². The number of carbonyl (C=O) groups excluding carboxylic acids is 2. The van der Waals surface area contributed by atoms with E-state index in [1.807, 2.05) is 24.5 Å². The molecule has 1 aliphatic rings. The molecule has 7 heteroatoms. The van der Waals surface area contributed by atoms with Crippen molar-refractivity contribution >= 4 is 36.0 Å². The minimum Gasteiger partial charge on any atom is -0.351 e. The SMILES string of the molecule is CSCCC(NC(=O)c1ccccc1)C(=O)NC1CCNCC1.Cl. The molecule has 134 valence electrons. The predicted molar refractivity (Wildman–Crippen MR) is 102 cm³/mol. The molecule has 3 N–H and O–H groups in total. The van der Waals surface area contributed by atoms with Crippen molar-refractivity contribution in [2.75, 3.05) is 25.1 Å². The molecule has 2 rings (SSSR count). The van der Waals surface area contributed by atoms with Gasteiger partial charge in [0, 0.05) is 11.6 Å². The molecule has 5 nitrogen and oxygen atoms in total. The van der Waals surface area contributed by atoms with Gasteiger partial charge in [0.25, 0.3) is 5.91 Å². The van der Waals surface area contributed by atoms with Crippen molar-refractivity contribution in [2.24, 2.45) is 0 Å². The molecule has 24 heavy (non-hydrogen) atoms. The molecule has 0 aromatic heterocycles. The Morgan fingerprint density at radius 3 is 2.54 bits per heavy atom. The van der Waals surface area contributed by atoms with Crippen LogP contribution in [0.15, 0.2) is 30.3 Å². The molecular weight excluding hydrogens is 346 g/mol. The highest BCUT2D eigenvalue weighted by atomic mass is 35.5. The third-order valence-corrected chi connectivity index (χ3v) is 4.60. The first kappa shape index (κ1) is 20.8. The zero-order valence-corrected chi connectivity index (χ0v) is 15.6. The van der Waals surface area contributed by atoms with E-state index in [-0.39, 0.29) is 30.3 Å². The lowest BCUT2D eigenvalue weighted by atomic mass is 10.1. The van der Waals surface area contributed by atoms with Crippen LogP contribution in [-0.2, 0) is 4.79 Å². The van der Waals surface area contributed by atoms with E-state index >= 15 is 0 Å². The van der Waals surface area contributed by atoms with E-state index in [4.69, 9.17) is 0 Å². The van der Waals surface area contributed by atoms with Crippen LogP contribution in [-0.4, -0.2) is 49.0 Å². The van der Waals surface area contributed by atoms with Crippen LogP contribution in [0.2, 0.25) is 0 Å². The minimum absolute atomic E-state index is 0. The molecule has 1 aromatic carbocycles. The molecule has 0 radical (unpaired) electrons. The summed E-state index contributed by atoms with van der Waals surface area (Å²) in [5, 5.41) is 9.24. The van der Waals surface area contributed by atoms with Crippen LogP contribution in [0.5, 0.6) is 0 Å². The molecule has 1 aromatic rings. The quantitative estimate of drug-likeness (QED) is 0.684. The highest BCUT2D eigenvalue weighted by Gasteiger charge is 2.24. The highest BCUT2D eigenvalue weighted by Crippen LogP contribution is 2.07. The summed E-state index contributed by atoms with van der Waals surface area (Å²) in [5.74, 6) is 0.562. The maximum Gasteiger partial charge on any atom is 0.251 e. The molecule has 1 aliphatic heterocycles. The van der Waals surface area contributed by atoms with Gasteiger partial charge in [0.15, 0.2) is 0 Å². The Hall–Kier alpha value is -1.24. The lowest BCUT2D eigenvalue weighted by Gasteiger charge is -2.26. The number of benzene rings is 1. The van der Waals surface area contributed by atoms with E-state index in [1.165, 1.54) is 0 Å². The molecule has 1 saturated heterocycles. The summed E-state index contributed by atoms with van der Waals surface area (Å²) >= 11 is 1.68. The number of amides is 2. The smallest absolute Gasteiger partial charge is 0.251 e. The van der Waals surface area contributed by atoms with Gasteiger partial charge in [-0.3, -0.25) is 9.59 Å². The Kier molecular flexibility index (Phi) is 9.83. The van der Waals surface area contributed by atoms with Crippen molar-refractivity contribution in [3.05, 3.63) is 35.9 Å². The second-order valence-corrected chi connectivity index (χ2v) is 6.69. The second kappa shape index (κ2) is 11.3. The fourth-order valence-electron chi connectivity index (χ4n) is 2.60. The van der Waals surface area contributed by atoms with Gasteiger partial charge in [0.2, 0.25) is 5.91 Å². The van der Waals surface area contributed by atoms with Crippen LogP contribution >= 0.6 is 24.2 Å². The standard InChI is InChI=1S/C17H25N3O2S.ClH/c1-23-12-9-15(17(22)19-14-7-10-18-11-8-14)20-16(21)13-5-3-2-4-6-13;/h2-6,14-15,18H,7-12H2,1H3,(H,19,22)(H,20,21);1H. The van der Waals surface area contributed by atoms with Crippen LogP contribution in [0.25, 0.3) is 0 Å². The number of hydrogen-bond donors (Lipinski definition) is 3. The zero-order valence-electron chi connectivity index (χ0n) is 13.9. The number of hydrogen-bond acceptors (Lipinski definition) is 4. The number of halogens is 1. The van der Waals surface area contributed by atoms with Gasteiger partial charge in [-0.1, -0.05) is 18.2 Å². The van der Waals surface area contributed by atoms with Crippen molar-refractivity contribution < 1.29 is 9.59 Å². The van der Waals surface area contributed by atoms with Crippen LogP contribution in [0, 0.1) is 0 Å². The number of piperidine rings is 1. The Bertz CT molecular complexity index is 510. The van der Waals surface area contributed by atoms with Crippen molar-refractivity contribution in [1.82, 2.24) is 16.0 Å². The molecule has 0 aliphatic carbocycles. The Morgan fingerprint density at radius 2 is 1.92 bits per heavy atom. The molecule has 0 saturated carbocycles. The number of thioether (sulfide) groups is 1. The van der Waals surface area contributed by atoms with Gasteiger partial charge in [-0.25, -0.2) is 0 Å². The van der Waals surface area contributed by atoms with Gasteiger partial charge >= 0.3 is 0 Å². The summed E-state index contributed by atoms with van der Waals surface area (Å²) in [6.45, 7) is 1.85. The fourth-order valence-corrected chi connectivity index (χ4v) is 3.08. The summed E-state index contributed by atoms with van der Waals surface area (Å²) in [6, 6.07) is 8.74. The maximum absolute atomic E-state index is 12.5. The molecule has 1 atom stereocenters. The molecule has 1 unspecified atom stereocenters. The third-order valence-electron chi connectivity index (χ3n) is 3.95. The average Bonchev–Trinajstić information content (AvgIpc) is 2.60. The first-order valence-corrected chi connectivity index (χ1v) is 9.46. The summed E-state index contributed by atoms with van der Waals surface area (Å²) in [5.41, 5.74) is 0.580. The molecule has 1 heterocycles. The van der Waals surface area contributed by atoms with Crippen molar-refractivity contribution in [1.29, 1.82) is 0 Å². The van der Waals surface area contributed by atoms with E-state index < -0.39 is 6.04 Å². The van der Waals surface area contributed by atoms with Crippen molar-refractivity contribution in [3.63, 3.8) is 0 Å². The van der Waals surface area contributed by atoms with E-state index in [9.17, 15) is 9.59 Å². The van der Waals surface area contributed by atoms with Crippen LogP contribution in [0.3, 0.4) is 0 Å². The lowest BCUT2D eigenvalue weighted by Crippen LogP contribution is -2.51. The van der Waals surface area contributed by atoms with Crippen LogP contribution in [0.4, 0.5) is 0 Å². The average molecular weight is 372 g/mol. The summed E-state index contributed by atoms with van der Waals surface area (Å²) in [6.07, 6.45) is 4.51. The van der Waals surface area contributed by atoms with E-state index in [1.54, 1.807) is 23.9 Å². The first-order valence-electron chi connectivity index (χ1n) is 8.06. The second-order valence-electron chi connectivity index (χ2n) is 5.71. The maximum atomic E-state index is 12.5. The molecular formula is C17H26ClN3O2S. The summed E-state index contributed by atoms with van der Waals surface area (Å²) < 4.78 is 0. The number of carbonyl (C=O) groups is 2. The summed E-state index contributed by atoms with van der Waals surface area (Å²) in [7, 11) is 0. The fraction of sp³-hybridized carbons (Fsp3) is 0.529. The van der Waals surface area contributed by atoms with Gasteiger partial charge in [-0.2, -0.15) is 11.8 Å². The van der Waals surface area contributed by atoms with Gasteiger partial charge in [0.1, 0.15) is 6.04 Å². The van der Waals surface area contributed by atoms with Crippen LogP contribution < -0.4 is 16.0 Å². The predicted octanol–water partition coefficient (Wildman–Crippen LogP) is 1.83. The minimum atomic E-state index is -0.481. The Morgan fingerprint density at radius 1 is 1.25 bits per heavy atom. The Balaban J connectivity index is 0.00000288. The molecule has 2 amide bonds. The number of rotatable bonds is 7. The van der Waals surface area contributed by atoms with Gasteiger partial charge < -0.3 is 16.0 Å². The van der Waals surface area contributed by atoms with Crippen molar-refractivity contribution in [2.45, 2.75) is 31.3 Å². The zero-order chi connectivity index (χ0) is 16.5. The molecule has 0 spiro atoms. The van der Waals surface area contributed by atoms with Gasteiger partial charge in [0.05, 0.1) is 0 Å². The highest BCUT2D eigenvalue weighted by molar-refractivity contribution is 7.98. The van der Waals surface area contributed by atoms with E-state index in [0.29, 0.717) is 12.0 Å². The largest absolute Gasteiger partial charge is 0.351 e. The normalized spacial score (nSPS) is 15.9. The molecule has 1 fully saturated rings. The van der Waals surface area contributed by atoms with E-state index in [2.05, 4.69) is 16.0 Å². The topological polar surface area (TPSA) is 70.2 Å². The lowest BCUT2D eigenvalue weighted by molar-refractivity contribution is -0.123. The van der Waals surface area contributed by atoms with Gasteiger partial charge in [-0.15, -0.1) is 12.4 Å². The monoisotopic (exact) mass is 371 g/mol. The van der Waals surface area contributed by atoms with Gasteiger partial charge in [-0.05, 0) is 56.5 Å². The third kappa shape index (κ3) is 6.71. The molecule has 0 bridgehead atoms. The van der Waals surface area contributed by atoms with Crippen LogP contribution in [0.1, 0.15) is 29.6 Å². The summed E-state index contributed by atoms with van der Waals surface area (Å²) in [4.78, 5) is 24.8.